The summed E-state index contributed by atoms with van der Waals surface area (Å²) in [5.41, 5.74) is 1.92. The quantitative estimate of drug-likeness (QED) is 0.450. The number of nitrogens with one attached hydrogen (secondary N) is 1. The molecule has 6 heteroatoms. The number of halogens is 1. The Bertz CT molecular complexity index is 721. The molecule has 1 rings (SSSR count). The maximum atomic E-state index is 12.3. The number of amides is 1. The third kappa shape index (κ3) is 5.93. The summed E-state index contributed by atoms with van der Waals surface area (Å²) in [5, 5.41) is 10.8. The van der Waals surface area contributed by atoms with Crippen molar-refractivity contribution in [1.29, 1.82) is 0 Å². The summed E-state index contributed by atoms with van der Waals surface area (Å²) in [7, 11) is 0. The first-order valence-electron chi connectivity index (χ1n) is 7.32. The molecule has 1 aromatic carbocycles. The first-order valence-corrected chi connectivity index (χ1v) is 7.70. The lowest BCUT2D eigenvalue weighted by atomic mass is 10.2. The largest absolute Gasteiger partial charge is 0.324 e. The molecule has 1 aromatic rings. The van der Waals surface area contributed by atoms with E-state index in [1.807, 2.05) is 13.0 Å². The molecule has 0 radical (unpaired) electrons. The highest BCUT2D eigenvalue weighted by Crippen LogP contribution is 2.26. The molecule has 0 heterocycles. The number of azo groups is 1. The number of hydrogen-bond donors (Lipinski definition) is 1. The van der Waals surface area contributed by atoms with Gasteiger partial charge in [-0.05, 0) is 44.5 Å². The van der Waals surface area contributed by atoms with E-state index in [0.29, 0.717) is 16.4 Å². The predicted octanol–water partition coefficient (Wildman–Crippen LogP) is 4.45. The second-order valence-electron chi connectivity index (χ2n) is 5.01. The minimum atomic E-state index is -1.24. The van der Waals surface area contributed by atoms with Gasteiger partial charge in [0.25, 0.3) is 5.91 Å². The van der Waals surface area contributed by atoms with Gasteiger partial charge in [-0.3, -0.25) is 9.59 Å². The number of hydrogen-bond acceptors (Lipinski definition) is 4. The first kappa shape index (κ1) is 19.5. The van der Waals surface area contributed by atoms with Crippen molar-refractivity contribution in [1.82, 2.24) is 5.32 Å². The molecule has 0 bridgehead atoms. The molecule has 0 aliphatic heterocycles. The highest BCUT2D eigenvalue weighted by atomic mass is 35.5. The number of carbonyl (C=O) groups is 2. The molecule has 24 heavy (non-hydrogen) atoms. The molecule has 0 saturated carbocycles. The van der Waals surface area contributed by atoms with Gasteiger partial charge in [0.15, 0.2) is 5.78 Å². The van der Waals surface area contributed by atoms with E-state index in [1.54, 1.807) is 43.4 Å². The van der Waals surface area contributed by atoms with E-state index < -0.39 is 17.7 Å². The van der Waals surface area contributed by atoms with Gasteiger partial charge in [-0.15, -0.1) is 0 Å². The molecule has 0 spiro atoms. The topological polar surface area (TPSA) is 70.9 Å². The first-order chi connectivity index (χ1) is 11.4. The van der Waals surface area contributed by atoms with Crippen LogP contribution in [0, 0.1) is 6.92 Å². The van der Waals surface area contributed by atoms with Crippen LogP contribution in [0.2, 0.25) is 5.02 Å². The van der Waals surface area contributed by atoms with E-state index in [9.17, 15) is 9.59 Å². The molecule has 0 fully saturated rings. The zero-order chi connectivity index (χ0) is 18.1. The van der Waals surface area contributed by atoms with Crippen molar-refractivity contribution in [3.63, 3.8) is 0 Å². The number of allylic oxidation sites excluding steroid dienone is 4. The predicted molar refractivity (Wildman–Crippen MR) is 96.4 cm³/mol. The Balaban J connectivity index is 2.96. The Morgan fingerprint density at radius 2 is 2.08 bits per heavy atom. The van der Waals surface area contributed by atoms with Crippen LogP contribution in [0.15, 0.2) is 65.0 Å². The van der Waals surface area contributed by atoms with Gasteiger partial charge in [0.1, 0.15) is 5.69 Å². The minimum absolute atomic E-state index is 0.402. The monoisotopic (exact) mass is 345 g/mol. The van der Waals surface area contributed by atoms with Gasteiger partial charge in [-0.25, -0.2) is 0 Å². The van der Waals surface area contributed by atoms with Crippen LogP contribution in [0.25, 0.3) is 0 Å². The summed E-state index contributed by atoms with van der Waals surface area (Å²) in [6, 6.07) is 3.99. The molecule has 1 amide bonds. The summed E-state index contributed by atoms with van der Waals surface area (Å²) in [6.45, 7) is 8.51. The fourth-order valence-electron chi connectivity index (χ4n) is 1.72. The zero-order valence-corrected chi connectivity index (χ0v) is 14.7. The molecule has 1 atom stereocenters. The van der Waals surface area contributed by atoms with Crippen molar-refractivity contribution in [2.24, 2.45) is 10.2 Å². The average molecular weight is 346 g/mol. The van der Waals surface area contributed by atoms with Crippen molar-refractivity contribution in [3.05, 3.63) is 65.4 Å². The Kier molecular flexibility index (Phi) is 7.79. The van der Waals surface area contributed by atoms with Crippen molar-refractivity contribution in [2.45, 2.75) is 26.8 Å². The summed E-state index contributed by atoms with van der Waals surface area (Å²) in [4.78, 5) is 24.0. The van der Waals surface area contributed by atoms with Crippen LogP contribution in [-0.2, 0) is 9.59 Å². The molecule has 0 aromatic heterocycles. The van der Waals surface area contributed by atoms with Crippen LogP contribution in [0.1, 0.15) is 19.4 Å². The van der Waals surface area contributed by atoms with Crippen molar-refractivity contribution in [2.75, 3.05) is 0 Å². The fraction of sp³-hybridized carbons (Fsp3) is 0.222. The lowest BCUT2D eigenvalue weighted by Gasteiger charge is -2.10. The normalized spacial score (nSPS) is 13.2. The van der Waals surface area contributed by atoms with Crippen molar-refractivity contribution >= 4 is 29.0 Å². The van der Waals surface area contributed by atoms with Gasteiger partial charge in [-0.1, -0.05) is 42.5 Å². The van der Waals surface area contributed by atoms with Gasteiger partial charge in [-0.2, -0.15) is 10.2 Å². The molecule has 0 saturated heterocycles. The summed E-state index contributed by atoms with van der Waals surface area (Å²) in [6.07, 6.45) is 6.61. The third-order valence-electron chi connectivity index (χ3n) is 3.01. The number of rotatable bonds is 7. The highest BCUT2D eigenvalue weighted by molar-refractivity contribution is 6.33. The number of ketones is 1. The van der Waals surface area contributed by atoms with Crippen LogP contribution in [0.4, 0.5) is 5.69 Å². The fourth-order valence-corrected chi connectivity index (χ4v) is 2.00. The van der Waals surface area contributed by atoms with E-state index in [1.165, 1.54) is 6.92 Å². The molecule has 0 aliphatic rings. The summed E-state index contributed by atoms with van der Waals surface area (Å²) in [5.74, 6) is -0.973. The lowest BCUT2D eigenvalue weighted by Crippen LogP contribution is -2.36. The highest BCUT2D eigenvalue weighted by Gasteiger charge is 2.23. The van der Waals surface area contributed by atoms with Crippen LogP contribution in [0.3, 0.4) is 0 Å². The zero-order valence-electron chi connectivity index (χ0n) is 13.9. The smallest absolute Gasteiger partial charge is 0.258 e. The second kappa shape index (κ2) is 9.57. The van der Waals surface area contributed by atoms with Gasteiger partial charge >= 0.3 is 0 Å². The Morgan fingerprint density at radius 1 is 1.38 bits per heavy atom. The third-order valence-corrected chi connectivity index (χ3v) is 3.31. The average Bonchev–Trinajstić information content (AvgIpc) is 2.53. The number of aryl methyl sites for hydroxylation is 1. The number of nitrogens with zero attached hydrogens (tertiary/aromatic N) is 2. The summed E-state index contributed by atoms with van der Waals surface area (Å²) >= 11 is 6.07. The van der Waals surface area contributed by atoms with Crippen molar-refractivity contribution < 1.29 is 9.59 Å². The van der Waals surface area contributed by atoms with E-state index in [4.69, 9.17) is 11.6 Å². The Hall–Kier alpha value is -2.53. The van der Waals surface area contributed by atoms with Crippen LogP contribution < -0.4 is 5.32 Å². The van der Waals surface area contributed by atoms with Crippen LogP contribution in [-0.4, -0.2) is 17.7 Å². The lowest BCUT2D eigenvalue weighted by molar-refractivity contribution is -0.128. The van der Waals surface area contributed by atoms with Gasteiger partial charge in [0.2, 0.25) is 6.04 Å². The molecule has 1 unspecified atom stereocenters. The maximum absolute atomic E-state index is 12.3. The van der Waals surface area contributed by atoms with E-state index >= 15 is 0 Å². The van der Waals surface area contributed by atoms with E-state index in [2.05, 4.69) is 22.1 Å². The molecule has 126 valence electrons. The number of benzene rings is 1. The maximum Gasteiger partial charge on any atom is 0.258 e. The molecular formula is C18H20ClN3O2. The Morgan fingerprint density at radius 3 is 2.62 bits per heavy atom. The van der Waals surface area contributed by atoms with E-state index in [0.717, 1.165) is 5.56 Å². The molecule has 5 nitrogen and oxygen atoms in total. The molecule has 0 aliphatic carbocycles. The number of carbonyl (C=O) groups excluding carboxylic acids is 2. The van der Waals surface area contributed by atoms with Crippen LogP contribution >= 0.6 is 11.6 Å². The standard InChI is InChI=1S/C18H20ClN3O2/c1-5-7-8-14(6-2)20-18(24)17(13(4)23)22-21-16-10-9-12(3)11-15(16)19/h5-11,17H,1H2,2-4H3,(H,20,24)/b8-7-,14-6+,22-21?. The van der Waals surface area contributed by atoms with Gasteiger partial charge in [0, 0.05) is 5.70 Å². The Labute approximate surface area is 146 Å². The SMILES string of the molecule is C=C/C=C\C(=C/C)NC(=O)C(N=Nc1ccc(C)cc1Cl)C(C)=O. The van der Waals surface area contributed by atoms with E-state index in [-0.39, 0.29) is 0 Å². The number of Topliss-reactive ketones (excluding diaryl/α,β-unsaturated/α-hetero) is 1. The van der Waals surface area contributed by atoms with Gasteiger partial charge < -0.3 is 5.32 Å². The second-order valence-corrected chi connectivity index (χ2v) is 5.42. The van der Waals surface area contributed by atoms with Crippen molar-refractivity contribution in [3.8, 4) is 0 Å². The van der Waals surface area contributed by atoms with Crippen LogP contribution in [0.5, 0.6) is 0 Å². The molecule has 1 N–H and O–H groups in total. The van der Waals surface area contributed by atoms with Gasteiger partial charge in [0.05, 0.1) is 5.02 Å². The summed E-state index contributed by atoms with van der Waals surface area (Å²) < 4.78 is 0. The minimum Gasteiger partial charge on any atom is -0.324 e. The molecular weight excluding hydrogens is 326 g/mol.